The molecule has 116 valence electrons. The summed E-state index contributed by atoms with van der Waals surface area (Å²) in [5.41, 5.74) is 0.194. The molecule has 1 aromatic rings. The zero-order valence-corrected chi connectivity index (χ0v) is 13.5. The molecule has 1 heterocycles. The average molecular weight is 360 g/mol. The number of hydrogen-bond acceptors (Lipinski definition) is 4. The van der Waals surface area contributed by atoms with Gasteiger partial charge in [-0.2, -0.15) is 0 Å². The van der Waals surface area contributed by atoms with E-state index in [1.165, 1.54) is 13.2 Å². The lowest BCUT2D eigenvalue weighted by Crippen LogP contribution is -2.50. The van der Waals surface area contributed by atoms with E-state index in [1.807, 2.05) is 0 Å². The molecule has 1 aromatic carbocycles. The van der Waals surface area contributed by atoms with E-state index in [0.717, 1.165) is 0 Å². The topological polar surface area (TPSA) is 47.6 Å². The lowest BCUT2D eigenvalue weighted by atomic mass is 9.86. The van der Waals surface area contributed by atoms with Crippen LogP contribution in [0.3, 0.4) is 0 Å². The van der Waals surface area contributed by atoms with Gasteiger partial charge in [0.1, 0.15) is 5.82 Å². The van der Waals surface area contributed by atoms with E-state index in [-0.39, 0.29) is 23.7 Å². The number of halogens is 2. The van der Waals surface area contributed by atoms with Crippen LogP contribution >= 0.6 is 15.9 Å². The lowest BCUT2D eigenvalue weighted by molar-refractivity contribution is -0.143. The van der Waals surface area contributed by atoms with Gasteiger partial charge in [-0.15, -0.1) is 0 Å². The van der Waals surface area contributed by atoms with Gasteiger partial charge in [-0.3, -0.25) is 4.79 Å². The van der Waals surface area contributed by atoms with E-state index in [4.69, 9.17) is 9.47 Å². The number of nitrogens with one attached hydrogen (secondary N) is 1. The fourth-order valence-electron chi connectivity index (χ4n) is 2.47. The SMILES string of the molecule is COC(=O)CC1(NCc2ccc(Br)cc2F)CCOCC1. The molecule has 0 saturated carbocycles. The summed E-state index contributed by atoms with van der Waals surface area (Å²) in [6.45, 7) is 1.55. The number of benzene rings is 1. The maximum atomic E-state index is 13.9. The molecular weight excluding hydrogens is 341 g/mol. The van der Waals surface area contributed by atoms with Gasteiger partial charge < -0.3 is 14.8 Å². The molecule has 0 unspecified atom stereocenters. The standard InChI is InChI=1S/C15H19BrFNO3/c1-20-14(19)9-15(4-6-21-7-5-15)18-10-11-2-3-12(16)8-13(11)17/h2-3,8,18H,4-7,9-10H2,1H3. The number of esters is 1. The second-order valence-corrected chi connectivity index (χ2v) is 6.15. The molecule has 1 aliphatic heterocycles. The molecule has 0 radical (unpaired) electrons. The molecule has 1 N–H and O–H groups in total. The van der Waals surface area contributed by atoms with Crippen molar-refractivity contribution in [2.24, 2.45) is 0 Å². The van der Waals surface area contributed by atoms with Crippen molar-refractivity contribution in [2.45, 2.75) is 31.3 Å². The summed E-state index contributed by atoms with van der Waals surface area (Å²) < 4.78 is 24.7. The second kappa shape index (κ2) is 7.33. The molecule has 2 rings (SSSR count). The molecule has 4 nitrogen and oxygen atoms in total. The summed E-state index contributed by atoms with van der Waals surface area (Å²) in [6, 6.07) is 4.97. The van der Waals surface area contributed by atoms with Crippen LogP contribution in [0, 0.1) is 5.82 Å². The maximum absolute atomic E-state index is 13.9. The summed E-state index contributed by atoms with van der Waals surface area (Å²) in [4.78, 5) is 11.6. The first kappa shape index (κ1) is 16.4. The monoisotopic (exact) mass is 359 g/mol. The summed E-state index contributed by atoms with van der Waals surface area (Å²) in [5.74, 6) is -0.530. The van der Waals surface area contributed by atoms with Crippen molar-refractivity contribution < 1.29 is 18.7 Å². The van der Waals surface area contributed by atoms with Gasteiger partial charge in [0.25, 0.3) is 0 Å². The van der Waals surface area contributed by atoms with Gasteiger partial charge in [0.15, 0.2) is 0 Å². The van der Waals surface area contributed by atoms with Gasteiger partial charge in [-0.25, -0.2) is 4.39 Å². The van der Waals surface area contributed by atoms with Crippen LogP contribution in [-0.2, 0) is 20.8 Å². The second-order valence-electron chi connectivity index (χ2n) is 5.23. The maximum Gasteiger partial charge on any atom is 0.307 e. The van der Waals surface area contributed by atoms with Crippen LogP contribution < -0.4 is 5.32 Å². The van der Waals surface area contributed by atoms with Gasteiger partial charge in [0, 0.05) is 35.3 Å². The van der Waals surface area contributed by atoms with E-state index >= 15 is 0 Å². The van der Waals surface area contributed by atoms with E-state index in [9.17, 15) is 9.18 Å². The van der Waals surface area contributed by atoms with E-state index in [0.29, 0.717) is 42.6 Å². The zero-order valence-electron chi connectivity index (χ0n) is 12.0. The Labute approximate surface area is 132 Å². The van der Waals surface area contributed by atoms with Crippen molar-refractivity contribution in [3.8, 4) is 0 Å². The first-order chi connectivity index (χ1) is 10.0. The fraction of sp³-hybridized carbons (Fsp3) is 0.533. The molecule has 1 aliphatic rings. The highest BCUT2D eigenvalue weighted by Gasteiger charge is 2.35. The molecule has 0 spiro atoms. The zero-order chi connectivity index (χ0) is 15.3. The number of carbonyl (C=O) groups is 1. The molecule has 0 bridgehead atoms. The van der Waals surface area contributed by atoms with Crippen molar-refractivity contribution in [1.82, 2.24) is 5.32 Å². The minimum absolute atomic E-state index is 0.263. The highest BCUT2D eigenvalue weighted by atomic mass is 79.9. The van der Waals surface area contributed by atoms with Crippen molar-refractivity contribution in [3.05, 3.63) is 34.1 Å². The Morgan fingerprint density at radius 2 is 2.19 bits per heavy atom. The fourth-order valence-corrected chi connectivity index (χ4v) is 2.81. The third-order valence-electron chi connectivity index (χ3n) is 3.83. The highest BCUT2D eigenvalue weighted by molar-refractivity contribution is 9.10. The molecule has 1 fully saturated rings. The van der Waals surface area contributed by atoms with Crippen molar-refractivity contribution >= 4 is 21.9 Å². The Morgan fingerprint density at radius 1 is 1.48 bits per heavy atom. The molecule has 0 aromatic heterocycles. The molecule has 0 aliphatic carbocycles. The highest BCUT2D eigenvalue weighted by Crippen LogP contribution is 2.26. The first-order valence-electron chi connectivity index (χ1n) is 6.88. The van der Waals surface area contributed by atoms with Gasteiger partial charge in [-0.1, -0.05) is 22.0 Å². The minimum atomic E-state index is -0.384. The number of methoxy groups -OCH3 is 1. The molecular formula is C15H19BrFNO3. The van der Waals surface area contributed by atoms with Gasteiger partial charge in [0.2, 0.25) is 0 Å². The van der Waals surface area contributed by atoms with Crippen molar-refractivity contribution in [2.75, 3.05) is 20.3 Å². The predicted octanol–water partition coefficient (Wildman–Crippen LogP) is 2.79. The van der Waals surface area contributed by atoms with E-state index in [2.05, 4.69) is 21.2 Å². The third-order valence-corrected chi connectivity index (χ3v) is 4.32. The summed E-state index contributed by atoms with van der Waals surface area (Å²) in [5, 5.41) is 3.34. The van der Waals surface area contributed by atoms with Gasteiger partial charge >= 0.3 is 5.97 Å². The Hall–Kier alpha value is -0.980. The Balaban J connectivity index is 2.06. The van der Waals surface area contributed by atoms with Gasteiger partial charge in [0.05, 0.1) is 13.5 Å². The minimum Gasteiger partial charge on any atom is -0.469 e. The largest absolute Gasteiger partial charge is 0.469 e. The van der Waals surface area contributed by atoms with Crippen LogP contribution in [0.1, 0.15) is 24.8 Å². The summed E-state index contributed by atoms with van der Waals surface area (Å²) >= 11 is 3.24. The molecule has 0 atom stereocenters. The molecule has 6 heteroatoms. The van der Waals surface area contributed by atoms with Gasteiger partial charge in [-0.05, 0) is 25.0 Å². The Kier molecular flexibility index (Phi) is 5.72. The van der Waals surface area contributed by atoms with Crippen LogP contribution in [-0.4, -0.2) is 31.8 Å². The molecule has 0 amide bonds. The average Bonchev–Trinajstić information content (AvgIpc) is 2.47. The quantitative estimate of drug-likeness (QED) is 0.821. The van der Waals surface area contributed by atoms with Crippen LogP contribution in [0.2, 0.25) is 0 Å². The van der Waals surface area contributed by atoms with Crippen molar-refractivity contribution in [1.29, 1.82) is 0 Å². The van der Waals surface area contributed by atoms with E-state index < -0.39 is 0 Å². The Morgan fingerprint density at radius 3 is 2.81 bits per heavy atom. The number of carbonyl (C=O) groups excluding carboxylic acids is 1. The van der Waals surface area contributed by atoms with Crippen LogP contribution in [0.15, 0.2) is 22.7 Å². The summed E-state index contributed by atoms with van der Waals surface area (Å²) in [7, 11) is 1.38. The van der Waals surface area contributed by atoms with Crippen LogP contribution in [0.4, 0.5) is 4.39 Å². The van der Waals surface area contributed by atoms with Crippen LogP contribution in [0.25, 0.3) is 0 Å². The Bertz CT molecular complexity index is 504. The molecule has 1 saturated heterocycles. The smallest absolute Gasteiger partial charge is 0.307 e. The number of ether oxygens (including phenoxy) is 2. The lowest BCUT2D eigenvalue weighted by Gasteiger charge is -2.37. The third kappa shape index (κ3) is 4.49. The molecule has 21 heavy (non-hydrogen) atoms. The van der Waals surface area contributed by atoms with E-state index in [1.54, 1.807) is 12.1 Å². The summed E-state index contributed by atoms with van der Waals surface area (Å²) in [6.07, 6.45) is 1.69. The number of rotatable bonds is 5. The number of hydrogen-bond donors (Lipinski definition) is 1. The normalized spacial score (nSPS) is 17.5. The van der Waals surface area contributed by atoms with Crippen LogP contribution in [0.5, 0.6) is 0 Å². The predicted molar refractivity (Wildman–Crippen MR) is 80.4 cm³/mol. The first-order valence-corrected chi connectivity index (χ1v) is 7.67. The van der Waals surface area contributed by atoms with Crippen molar-refractivity contribution in [3.63, 3.8) is 0 Å².